The highest BCUT2D eigenvalue weighted by Crippen LogP contribution is 2.29. The summed E-state index contributed by atoms with van der Waals surface area (Å²) in [6.45, 7) is 2.02. The molecule has 5 nitrogen and oxygen atoms in total. The van der Waals surface area contributed by atoms with Crippen LogP contribution in [0.3, 0.4) is 0 Å². The van der Waals surface area contributed by atoms with Crippen LogP contribution in [0.1, 0.15) is 23.7 Å². The van der Waals surface area contributed by atoms with Gasteiger partial charge in [-0.3, -0.25) is 9.59 Å². The van der Waals surface area contributed by atoms with E-state index in [4.69, 9.17) is 9.84 Å². The second kappa shape index (κ2) is 6.93. The SMILES string of the molecule is CCCN(CC(=O)O)C(=O)c1ccc(OC)c2ccccc12. The van der Waals surface area contributed by atoms with Gasteiger partial charge in [0.2, 0.25) is 0 Å². The lowest BCUT2D eigenvalue weighted by Crippen LogP contribution is -2.36. The van der Waals surface area contributed by atoms with Crippen LogP contribution in [0, 0.1) is 0 Å². The number of nitrogens with zero attached hydrogens (tertiary/aromatic N) is 1. The van der Waals surface area contributed by atoms with E-state index in [0.29, 0.717) is 24.3 Å². The van der Waals surface area contributed by atoms with E-state index in [-0.39, 0.29) is 12.5 Å². The molecule has 2 aromatic rings. The van der Waals surface area contributed by atoms with Crippen molar-refractivity contribution in [2.75, 3.05) is 20.2 Å². The van der Waals surface area contributed by atoms with Crippen molar-refractivity contribution in [3.63, 3.8) is 0 Å². The fraction of sp³-hybridized carbons (Fsp3) is 0.294. The van der Waals surface area contributed by atoms with Gasteiger partial charge in [0.15, 0.2) is 0 Å². The van der Waals surface area contributed by atoms with Gasteiger partial charge in [0.25, 0.3) is 5.91 Å². The zero-order valence-electron chi connectivity index (χ0n) is 12.7. The Hall–Kier alpha value is -2.56. The number of ether oxygens (including phenoxy) is 1. The number of methoxy groups -OCH3 is 1. The smallest absolute Gasteiger partial charge is 0.323 e. The summed E-state index contributed by atoms with van der Waals surface area (Å²) in [4.78, 5) is 25.0. The minimum absolute atomic E-state index is 0.275. The van der Waals surface area contributed by atoms with E-state index < -0.39 is 5.97 Å². The van der Waals surface area contributed by atoms with Gasteiger partial charge < -0.3 is 14.7 Å². The lowest BCUT2D eigenvalue weighted by molar-refractivity contribution is -0.137. The maximum absolute atomic E-state index is 12.7. The minimum atomic E-state index is -1.01. The molecule has 0 aromatic heterocycles. The van der Waals surface area contributed by atoms with Crippen LogP contribution in [-0.2, 0) is 4.79 Å². The number of carbonyl (C=O) groups is 2. The Labute approximate surface area is 129 Å². The molecule has 0 bridgehead atoms. The van der Waals surface area contributed by atoms with E-state index in [2.05, 4.69) is 0 Å². The Morgan fingerprint density at radius 3 is 2.41 bits per heavy atom. The Bertz CT molecular complexity index is 696. The van der Waals surface area contributed by atoms with E-state index >= 15 is 0 Å². The standard InChI is InChI=1S/C17H19NO4/c1-3-10-18(11-16(19)20)17(21)14-8-9-15(22-2)13-7-5-4-6-12(13)14/h4-9H,3,10-11H2,1-2H3,(H,19,20). The van der Waals surface area contributed by atoms with E-state index in [1.807, 2.05) is 31.2 Å². The molecule has 0 atom stereocenters. The summed E-state index contributed by atoms with van der Waals surface area (Å²) in [5.41, 5.74) is 0.492. The van der Waals surface area contributed by atoms with Crippen molar-refractivity contribution in [2.24, 2.45) is 0 Å². The number of carboxylic acid groups (broad SMARTS) is 1. The highest BCUT2D eigenvalue weighted by molar-refractivity contribution is 6.09. The second-order valence-electron chi connectivity index (χ2n) is 4.98. The summed E-state index contributed by atoms with van der Waals surface area (Å²) >= 11 is 0. The molecule has 22 heavy (non-hydrogen) atoms. The highest BCUT2D eigenvalue weighted by Gasteiger charge is 2.20. The summed E-state index contributed by atoms with van der Waals surface area (Å²) in [6.07, 6.45) is 0.701. The van der Waals surface area contributed by atoms with Gasteiger partial charge in [-0.1, -0.05) is 31.2 Å². The summed E-state index contributed by atoms with van der Waals surface area (Å²) in [7, 11) is 1.58. The van der Waals surface area contributed by atoms with Gasteiger partial charge >= 0.3 is 5.97 Å². The molecule has 116 valence electrons. The molecule has 2 rings (SSSR count). The first-order valence-electron chi connectivity index (χ1n) is 7.15. The third-order valence-corrected chi connectivity index (χ3v) is 3.44. The molecule has 2 aromatic carbocycles. The zero-order valence-corrected chi connectivity index (χ0v) is 12.7. The molecule has 1 N–H and O–H groups in total. The summed E-state index contributed by atoms with van der Waals surface area (Å²) < 4.78 is 5.32. The first kappa shape index (κ1) is 15.8. The van der Waals surface area contributed by atoms with Crippen LogP contribution in [0.15, 0.2) is 36.4 Å². The predicted octanol–water partition coefficient (Wildman–Crippen LogP) is 2.79. The highest BCUT2D eigenvalue weighted by atomic mass is 16.5. The van der Waals surface area contributed by atoms with Crippen molar-refractivity contribution in [3.8, 4) is 5.75 Å². The van der Waals surface area contributed by atoms with E-state index in [1.165, 1.54) is 4.90 Å². The van der Waals surface area contributed by atoms with Crippen molar-refractivity contribution in [1.82, 2.24) is 4.90 Å². The molecule has 0 fully saturated rings. The minimum Gasteiger partial charge on any atom is -0.496 e. The first-order valence-corrected chi connectivity index (χ1v) is 7.15. The fourth-order valence-corrected chi connectivity index (χ4v) is 2.49. The summed E-state index contributed by atoms with van der Waals surface area (Å²) in [6, 6.07) is 10.9. The van der Waals surface area contributed by atoms with Crippen LogP contribution < -0.4 is 4.74 Å². The molecule has 0 saturated heterocycles. The Kier molecular flexibility index (Phi) is 4.99. The molecule has 0 aliphatic carbocycles. The average molecular weight is 301 g/mol. The number of rotatable bonds is 6. The third kappa shape index (κ3) is 3.19. The van der Waals surface area contributed by atoms with Gasteiger partial charge in [0.05, 0.1) is 7.11 Å². The number of hydrogen-bond donors (Lipinski definition) is 1. The number of benzene rings is 2. The van der Waals surface area contributed by atoms with Gasteiger partial charge in [-0.15, -0.1) is 0 Å². The molecule has 1 amide bonds. The number of carbonyl (C=O) groups excluding carboxylic acids is 1. The largest absolute Gasteiger partial charge is 0.496 e. The Morgan fingerprint density at radius 1 is 1.14 bits per heavy atom. The van der Waals surface area contributed by atoms with Gasteiger partial charge in [-0.25, -0.2) is 0 Å². The normalized spacial score (nSPS) is 10.5. The van der Waals surface area contributed by atoms with Crippen LogP contribution in [-0.4, -0.2) is 42.1 Å². The zero-order chi connectivity index (χ0) is 16.1. The lowest BCUT2D eigenvalue weighted by Gasteiger charge is -2.21. The van der Waals surface area contributed by atoms with Crippen LogP contribution in [0.5, 0.6) is 5.75 Å². The van der Waals surface area contributed by atoms with Crippen molar-refractivity contribution in [1.29, 1.82) is 0 Å². The topological polar surface area (TPSA) is 66.8 Å². The number of carboxylic acids is 1. The van der Waals surface area contributed by atoms with Crippen molar-refractivity contribution in [3.05, 3.63) is 42.0 Å². The molecule has 0 unspecified atom stereocenters. The van der Waals surface area contributed by atoms with Crippen LogP contribution in [0.4, 0.5) is 0 Å². The average Bonchev–Trinajstić information content (AvgIpc) is 2.52. The van der Waals surface area contributed by atoms with E-state index in [1.54, 1.807) is 19.2 Å². The van der Waals surface area contributed by atoms with E-state index in [9.17, 15) is 9.59 Å². The summed E-state index contributed by atoms with van der Waals surface area (Å²) in [5.74, 6) is -0.602. The van der Waals surface area contributed by atoms with Crippen molar-refractivity contribution in [2.45, 2.75) is 13.3 Å². The van der Waals surface area contributed by atoms with Crippen molar-refractivity contribution < 1.29 is 19.4 Å². The van der Waals surface area contributed by atoms with Gasteiger partial charge in [0, 0.05) is 17.5 Å². The van der Waals surface area contributed by atoms with Crippen LogP contribution in [0.25, 0.3) is 10.8 Å². The molecule has 5 heteroatoms. The molecule has 0 spiro atoms. The van der Waals surface area contributed by atoms with Crippen LogP contribution in [0.2, 0.25) is 0 Å². The number of aliphatic carboxylic acids is 1. The number of fused-ring (bicyclic) bond motifs is 1. The molecule has 0 saturated carbocycles. The molecule has 0 radical (unpaired) electrons. The molecular weight excluding hydrogens is 282 g/mol. The molecule has 0 aliphatic rings. The monoisotopic (exact) mass is 301 g/mol. The summed E-state index contributed by atoms with van der Waals surface area (Å²) in [5, 5.41) is 10.6. The second-order valence-corrected chi connectivity index (χ2v) is 4.98. The Balaban J connectivity index is 2.49. The molecule has 0 heterocycles. The first-order chi connectivity index (χ1) is 10.6. The maximum atomic E-state index is 12.7. The van der Waals surface area contributed by atoms with Gasteiger partial charge in [0.1, 0.15) is 12.3 Å². The third-order valence-electron chi connectivity index (χ3n) is 3.44. The van der Waals surface area contributed by atoms with Gasteiger partial charge in [-0.2, -0.15) is 0 Å². The van der Waals surface area contributed by atoms with E-state index in [0.717, 1.165) is 10.8 Å². The molecular formula is C17H19NO4. The van der Waals surface area contributed by atoms with Crippen molar-refractivity contribution >= 4 is 22.6 Å². The van der Waals surface area contributed by atoms with Gasteiger partial charge in [-0.05, 0) is 23.9 Å². The number of hydrogen-bond acceptors (Lipinski definition) is 3. The predicted molar refractivity (Wildman–Crippen MR) is 84.3 cm³/mol. The maximum Gasteiger partial charge on any atom is 0.323 e. The van der Waals surface area contributed by atoms with Crippen LogP contribution >= 0.6 is 0 Å². The Morgan fingerprint density at radius 2 is 1.82 bits per heavy atom. The quantitative estimate of drug-likeness (QED) is 0.891. The number of amides is 1. The fourth-order valence-electron chi connectivity index (χ4n) is 2.49. The molecule has 0 aliphatic heterocycles. The lowest BCUT2D eigenvalue weighted by atomic mass is 10.0.